The summed E-state index contributed by atoms with van der Waals surface area (Å²) in [6, 6.07) is 5.87. The number of nitro groups is 1. The Morgan fingerprint density at radius 3 is 2.49 bits per heavy atom. The average Bonchev–Trinajstić information content (AvgIpc) is 3.45. The van der Waals surface area contributed by atoms with Gasteiger partial charge in [0.2, 0.25) is 17.6 Å². The van der Waals surface area contributed by atoms with Crippen LogP contribution in [0.2, 0.25) is 0 Å². The Kier molecular flexibility index (Phi) is 10.2. The number of amides is 3. The molecular formula is C26H35N5O6. The minimum Gasteiger partial charge on any atom is -0.351 e. The molecule has 3 amide bonds. The minimum absolute atomic E-state index is 0.00196. The number of nitrogens with one attached hydrogen (secondary N) is 3. The van der Waals surface area contributed by atoms with Gasteiger partial charge < -0.3 is 20.5 Å². The fourth-order valence-corrected chi connectivity index (χ4v) is 4.64. The molecule has 2 aromatic rings. The molecule has 3 N–H and O–H groups in total. The lowest BCUT2D eigenvalue weighted by Gasteiger charge is -2.29. The van der Waals surface area contributed by atoms with E-state index in [1.807, 2.05) is 13.8 Å². The zero-order valence-corrected chi connectivity index (χ0v) is 21.3. The highest BCUT2D eigenvalue weighted by Crippen LogP contribution is 2.27. The first kappa shape index (κ1) is 27.8. The van der Waals surface area contributed by atoms with E-state index < -0.39 is 34.7 Å². The Bertz CT molecular complexity index is 1070. The van der Waals surface area contributed by atoms with Crippen LogP contribution in [0, 0.1) is 22.0 Å². The van der Waals surface area contributed by atoms with Gasteiger partial charge in [-0.05, 0) is 18.3 Å². The highest BCUT2D eigenvalue weighted by atomic mass is 16.6. The molecule has 0 radical (unpaired) electrons. The molecule has 0 bridgehead atoms. The molecule has 1 aliphatic carbocycles. The number of nitrogens with zero attached hydrogens (tertiary/aromatic N) is 2. The van der Waals surface area contributed by atoms with Crippen molar-refractivity contribution in [2.24, 2.45) is 11.8 Å². The van der Waals surface area contributed by atoms with Gasteiger partial charge in [0, 0.05) is 24.2 Å². The minimum atomic E-state index is -0.878. The fourth-order valence-electron chi connectivity index (χ4n) is 4.64. The number of hydrogen-bond acceptors (Lipinski definition) is 7. The van der Waals surface area contributed by atoms with E-state index in [2.05, 4.69) is 21.1 Å². The van der Waals surface area contributed by atoms with Crippen molar-refractivity contribution in [3.63, 3.8) is 0 Å². The molecule has 1 saturated carbocycles. The summed E-state index contributed by atoms with van der Waals surface area (Å²) < 4.78 is 4.94. The molecule has 3 atom stereocenters. The van der Waals surface area contributed by atoms with Crippen molar-refractivity contribution in [1.29, 1.82) is 0 Å². The van der Waals surface area contributed by atoms with Gasteiger partial charge in [-0.2, -0.15) is 0 Å². The highest BCUT2D eigenvalue weighted by molar-refractivity contribution is 5.96. The molecule has 11 nitrogen and oxygen atoms in total. The molecule has 1 fully saturated rings. The second-order valence-electron chi connectivity index (χ2n) is 9.62. The predicted octanol–water partition coefficient (Wildman–Crippen LogP) is 3.50. The molecule has 1 aromatic carbocycles. The number of carbonyl (C=O) groups excluding carboxylic acids is 3. The Labute approximate surface area is 215 Å². The number of rotatable bonds is 12. The highest BCUT2D eigenvalue weighted by Gasteiger charge is 2.32. The number of aromatic nitrogens is 1. The van der Waals surface area contributed by atoms with E-state index in [9.17, 15) is 24.5 Å². The summed E-state index contributed by atoms with van der Waals surface area (Å²) in [7, 11) is 0. The van der Waals surface area contributed by atoms with Gasteiger partial charge in [-0.1, -0.05) is 75.7 Å². The summed E-state index contributed by atoms with van der Waals surface area (Å²) >= 11 is 0. The molecule has 37 heavy (non-hydrogen) atoms. The Balaban J connectivity index is 1.72. The van der Waals surface area contributed by atoms with E-state index in [1.165, 1.54) is 18.3 Å². The van der Waals surface area contributed by atoms with Crippen LogP contribution in [0.15, 0.2) is 41.1 Å². The van der Waals surface area contributed by atoms with Crippen LogP contribution in [-0.4, -0.2) is 39.9 Å². The third-order valence-electron chi connectivity index (χ3n) is 7.01. The third kappa shape index (κ3) is 7.86. The van der Waals surface area contributed by atoms with E-state index in [0.29, 0.717) is 18.4 Å². The summed E-state index contributed by atoms with van der Waals surface area (Å²) in [5.41, 5.74) is 0.277. The summed E-state index contributed by atoms with van der Waals surface area (Å²) in [6.45, 7) is 3.70. The maximum Gasteiger partial charge on any atom is 0.290 e. The predicted molar refractivity (Wildman–Crippen MR) is 135 cm³/mol. The maximum atomic E-state index is 13.4. The molecule has 0 aliphatic heterocycles. The van der Waals surface area contributed by atoms with Crippen molar-refractivity contribution < 1.29 is 23.8 Å². The van der Waals surface area contributed by atoms with E-state index in [1.54, 1.807) is 18.2 Å². The monoisotopic (exact) mass is 513 g/mol. The maximum absolute atomic E-state index is 13.4. The number of nitro benzene ring substituents is 1. The van der Waals surface area contributed by atoms with Crippen LogP contribution in [0.25, 0.3) is 0 Å². The summed E-state index contributed by atoms with van der Waals surface area (Å²) in [6.07, 6.45) is 7.70. The first-order valence-corrected chi connectivity index (χ1v) is 12.8. The first-order chi connectivity index (χ1) is 17.8. The lowest BCUT2D eigenvalue weighted by molar-refractivity contribution is -0.385. The number of para-hydroxylation sites is 1. The molecule has 1 aromatic heterocycles. The van der Waals surface area contributed by atoms with E-state index in [4.69, 9.17) is 4.52 Å². The third-order valence-corrected chi connectivity index (χ3v) is 7.01. The molecule has 11 heteroatoms. The lowest BCUT2D eigenvalue weighted by atomic mass is 9.84. The number of benzene rings is 1. The van der Waals surface area contributed by atoms with E-state index in [-0.39, 0.29) is 29.8 Å². The van der Waals surface area contributed by atoms with E-state index in [0.717, 1.165) is 32.1 Å². The normalized spacial score (nSPS) is 16.3. The number of hydrogen-bond donors (Lipinski definition) is 3. The Hall–Kier alpha value is -3.76. The summed E-state index contributed by atoms with van der Waals surface area (Å²) in [4.78, 5) is 50.0. The molecule has 0 unspecified atom stereocenters. The van der Waals surface area contributed by atoms with Gasteiger partial charge in [-0.25, -0.2) is 0 Å². The summed E-state index contributed by atoms with van der Waals surface area (Å²) in [5, 5.41) is 23.2. The second kappa shape index (κ2) is 13.5. The zero-order chi connectivity index (χ0) is 26.8. The SMILES string of the molecule is CC[C@H](C)[C@H](NC(=O)[C@H](CC1CCCCC1)NC(=O)c1ccno1)C(=O)NCc1ccccc1[N+](=O)[O-]. The summed E-state index contributed by atoms with van der Waals surface area (Å²) in [5.74, 6) is -1.37. The van der Waals surface area contributed by atoms with Crippen molar-refractivity contribution in [1.82, 2.24) is 21.1 Å². The molecule has 200 valence electrons. The fraction of sp³-hybridized carbons (Fsp3) is 0.538. The molecule has 0 spiro atoms. The van der Waals surface area contributed by atoms with Crippen LogP contribution < -0.4 is 16.0 Å². The zero-order valence-electron chi connectivity index (χ0n) is 21.3. The smallest absolute Gasteiger partial charge is 0.290 e. The van der Waals surface area contributed by atoms with Crippen LogP contribution >= 0.6 is 0 Å². The van der Waals surface area contributed by atoms with Gasteiger partial charge in [0.1, 0.15) is 12.1 Å². The first-order valence-electron chi connectivity index (χ1n) is 12.8. The van der Waals surface area contributed by atoms with Gasteiger partial charge in [-0.15, -0.1) is 0 Å². The Morgan fingerprint density at radius 2 is 1.84 bits per heavy atom. The number of carbonyl (C=O) groups is 3. The van der Waals surface area contributed by atoms with Gasteiger partial charge in [0.05, 0.1) is 11.1 Å². The molecule has 3 rings (SSSR count). The van der Waals surface area contributed by atoms with Crippen LogP contribution in [0.4, 0.5) is 5.69 Å². The molecule has 0 saturated heterocycles. The topological polar surface area (TPSA) is 156 Å². The van der Waals surface area contributed by atoms with Crippen LogP contribution in [0.3, 0.4) is 0 Å². The van der Waals surface area contributed by atoms with Crippen molar-refractivity contribution in [2.45, 2.75) is 77.4 Å². The van der Waals surface area contributed by atoms with Crippen molar-refractivity contribution in [3.8, 4) is 0 Å². The quantitative estimate of drug-likeness (QED) is 0.290. The van der Waals surface area contributed by atoms with Gasteiger partial charge in [0.15, 0.2) is 0 Å². The van der Waals surface area contributed by atoms with Gasteiger partial charge in [0.25, 0.3) is 11.6 Å². The van der Waals surface area contributed by atoms with Crippen molar-refractivity contribution in [2.75, 3.05) is 0 Å². The van der Waals surface area contributed by atoms with Crippen molar-refractivity contribution in [3.05, 3.63) is 58.0 Å². The largest absolute Gasteiger partial charge is 0.351 e. The van der Waals surface area contributed by atoms with Crippen molar-refractivity contribution >= 4 is 23.4 Å². The molecular weight excluding hydrogens is 478 g/mol. The standard InChI is InChI=1S/C26H35N5O6/c1-3-17(2)23(26(34)27-16-19-11-7-8-12-21(19)31(35)36)30-24(32)20(15-18-9-5-4-6-10-18)29-25(33)22-13-14-28-37-22/h7-8,11-14,17-18,20,23H,3-6,9-10,15-16H2,1-2H3,(H,27,34)(H,29,33)(H,30,32)/t17-,20-,23-/m0/s1. The lowest BCUT2D eigenvalue weighted by Crippen LogP contribution is -2.56. The van der Waals surface area contributed by atoms with Gasteiger partial charge in [-0.3, -0.25) is 24.5 Å². The van der Waals surface area contributed by atoms with Crippen LogP contribution in [-0.2, 0) is 16.1 Å². The van der Waals surface area contributed by atoms with Crippen LogP contribution in [0.5, 0.6) is 0 Å². The van der Waals surface area contributed by atoms with Crippen LogP contribution in [0.1, 0.15) is 74.9 Å². The average molecular weight is 514 g/mol. The molecule has 1 aliphatic rings. The van der Waals surface area contributed by atoms with E-state index >= 15 is 0 Å². The molecule has 1 heterocycles. The Morgan fingerprint density at radius 1 is 1.11 bits per heavy atom. The second-order valence-corrected chi connectivity index (χ2v) is 9.62. The van der Waals surface area contributed by atoms with Gasteiger partial charge >= 0.3 is 0 Å².